The maximum absolute atomic E-state index is 10.0. The quantitative estimate of drug-likeness (QED) is 0.711. The minimum atomic E-state index is -0.983. The van der Waals surface area contributed by atoms with Gasteiger partial charge in [0.25, 0.3) is 0 Å². The Bertz CT molecular complexity index is 383. The molecule has 2 N–H and O–H groups in total. The van der Waals surface area contributed by atoms with Crippen LogP contribution in [0.5, 0.6) is 0 Å². The Labute approximate surface area is 113 Å². The minimum Gasteiger partial charge on any atom is -0.389 e. The fraction of sp³-hybridized carbons (Fsp3) is 0.643. The molecule has 0 aliphatic carbocycles. The van der Waals surface area contributed by atoms with E-state index >= 15 is 0 Å². The van der Waals surface area contributed by atoms with Crippen molar-refractivity contribution in [3.05, 3.63) is 21.9 Å². The van der Waals surface area contributed by atoms with Crippen LogP contribution in [0.15, 0.2) is 11.4 Å². The zero-order valence-corrected chi connectivity index (χ0v) is 11.6. The number of aliphatic hydroxyl groups excluding tert-OH is 2. The Hall–Kier alpha value is -0.890. The second kappa shape index (κ2) is 8.25. The fourth-order valence-corrected chi connectivity index (χ4v) is 2.93. The van der Waals surface area contributed by atoms with Crippen LogP contribution < -0.4 is 0 Å². The maximum Gasteiger partial charge on any atom is 0.115 e. The summed E-state index contributed by atoms with van der Waals surface area (Å²) in [6, 6.07) is 3.89. The van der Waals surface area contributed by atoms with Gasteiger partial charge in [-0.15, -0.1) is 11.3 Å². The van der Waals surface area contributed by atoms with Crippen molar-refractivity contribution in [3.8, 4) is 6.07 Å². The summed E-state index contributed by atoms with van der Waals surface area (Å²) in [7, 11) is 0. The third-order valence-corrected chi connectivity index (χ3v) is 4.04. The van der Waals surface area contributed by atoms with Gasteiger partial charge in [0.1, 0.15) is 6.10 Å². The van der Waals surface area contributed by atoms with E-state index in [-0.39, 0.29) is 6.42 Å². The highest BCUT2D eigenvalue weighted by atomic mass is 32.1. The highest BCUT2D eigenvalue weighted by Gasteiger charge is 2.21. The van der Waals surface area contributed by atoms with Crippen molar-refractivity contribution in [1.29, 1.82) is 5.26 Å². The third kappa shape index (κ3) is 4.41. The van der Waals surface area contributed by atoms with Crippen molar-refractivity contribution >= 4 is 11.3 Å². The van der Waals surface area contributed by atoms with E-state index in [1.165, 1.54) is 30.6 Å². The average Bonchev–Trinajstić information content (AvgIpc) is 2.82. The molecule has 0 aliphatic heterocycles. The molecule has 4 heteroatoms. The molecule has 1 rings (SSSR count). The molecule has 0 aromatic carbocycles. The van der Waals surface area contributed by atoms with E-state index in [2.05, 4.69) is 6.92 Å². The minimum absolute atomic E-state index is 0.0334. The van der Waals surface area contributed by atoms with E-state index in [1.54, 1.807) is 0 Å². The van der Waals surface area contributed by atoms with Gasteiger partial charge in [0.05, 0.1) is 18.6 Å². The van der Waals surface area contributed by atoms with Crippen molar-refractivity contribution in [1.82, 2.24) is 0 Å². The van der Waals surface area contributed by atoms with Gasteiger partial charge in [0, 0.05) is 4.88 Å². The Morgan fingerprint density at radius 2 is 2.11 bits per heavy atom. The smallest absolute Gasteiger partial charge is 0.115 e. The van der Waals surface area contributed by atoms with Crippen LogP contribution in [-0.4, -0.2) is 16.3 Å². The number of nitriles is 1. The lowest BCUT2D eigenvalue weighted by molar-refractivity contribution is 0.0233. The molecular weight excluding hydrogens is 246 g/mol. The van der Waals surface area contributed by atoms with Crippen LogP contribution in [0.25, 0.3) is 0 Å². The summed E-state index contributed by atoms with van der Waals surface area (Å²) in [6.45, 7) is 2.18. The first-order valence-corrected chi connectivity index (χ1v) is 7.38. The third-order valence-electron chi connectivity index (χ3n) is 3.01. The zero-order chi connectivity index (χ0) is 13.4. The van der Waals surface area contributed by atoms with E-state index in [0.29, 0.717) is 0 Å². The zero-order valence-electron chi connectivity index (χ0n) is 10.8. The van der Waals surface area contributed by atoms with Crippen molar-refractivity contribution < 1.29 is 10.2 Å². The molecule has 18 heavy (non-hydrogen) atoms. The summed E-state index contributed by atoms with van der Waals surface area (Å²) in [4.78, 5) is 0.814. The standard InChI is InChI=1S/C14H21NO2S/c1-2-3-4-5-6-11-8-10-18-14(11)13(17)12(16)7-9-15/h8,10,12-13,16-17H,2-7H2,1H3. The van der Waals surface area contributed by atoms with Gasteiger partial charge in [-0.1, -0.05) is 26.2 Å². The number of hydrogen-bond acceptors (Lipinski definition) is 4. The predicted molar refractivity (Wildman–Crippen MR) is 73.4 cm³/mol. The van der Waals surface area contributed by atoms with Crippen molar-refractivity contribution in [2.45, 2.75) is 57.7 Å². The van der Waals surface area contributed by atoms with Crippen LogP contribution >= 0.6 is 11.3 Å². The summed E-state index contributed by atoms with van der Waals surface area (Å²) in [5.74, 6) is 0. The summed E-state index contributed by atoms with van der Waals surface area (Å²) in [5, 5.41) is 30.1. The molecule has 0 spiro atoms. The van der Waals surface area contributed by atoms with Crippen LogP contribution in [0.3, 0.4) is 0 Å². The number of unbranched alkanes of at least 4 members (excludes halogenated alkanes) is 3. The molecule has 0 amide bonds. The number of nitrogens with zero attached hydrogens (tertiary/aromatic N) is 1. The molecule has 1 aromatic rings. The van der Waals surface area contributed by atoms with Crippen LogP contribution in [0.1, 0.15) is 55.6 Å². The number of thiophene rings is 1. The van der Waals surface area contributed by atoms with Crippen molar-refractivity contribution in [3.63, 3.8) is 0 Å². The summed E-state index contributed by atoms with van der Waals surface area (Å²) < 4.78 is 0. The number of aliphatic hydroxyl groups is 2. The van der Waals surface area contributed by atoms with E-state index in [4.69, 9.17) is 5.26 Å². The molecule has 2 unspecified atom stereocenters. The van der Waals surface area contributed by atoms with Crippen LogP contribution in [-0.2, 0) is 6.42 Å². The average molecular weight is 267 g/mol. The molecular formula is C14H21NO2S. The van der Waals surface area contributed by atoms with E-state index in [1.807, 2.05) is 17.5 Å². The molecule has 0 saturated heterocycles. The van der Waals surface area contributed by atoms with Gasteiger partial charge in [0.15, 0.2) is 0 Å². The SMILES string of the molecule is CCCCCCc1ccsc1C(O)C(O)CC#N. The molecule has 100 valence electrons. The molecule has 1 heterocycles. The first kappa shape index (κ1) is 15.2. The molecule has 2 atom stereocenters. The Balaban J connectivity index is 2.56. The topological polar surface area (TPSA) is 64.2 Å². The summed E-state index contributed by atoms with van der Waals surface area (Å²) in [5.41, 5.74) is 1.11. The molecule has 0 saturated carbocycles. The van der Waals surface area contributed by atoms with Gasteiger partial charge in [0.2, 0.25) is 0 Å². The first-order valence-electron chi connectivity index (χ1n) is 6.50. The number of rotatable bonds is 8. The lowest BCUT2D eigenvalue weighted by Gasteiger charge is -2.15. The molecule has 3 nitrogen and oxygen atoms in total. The highest BCUT2D eigenvalue weighted by Crippen LogP contribution is 2.29. The van der Waals surface area contributed by atoms with Gasteiger partial charge in [-0.05, 0) is 29.9 Å². The second-order valence-corrected chi connectivity index (χ2v) is 5.44. The molecule has 1 aromatic heterocycles. The summed E-state index contributed by atoms with van der Waals surface area (Å²) in [6.07, 6.45) is 3.75. The van der Waals surface area contributed by atoms with Crippen LogP contribution in [0.2, 0.25) is 0 Å². The van der Waals surface area contributed by atoms with Crippen LogP contribution in [0, 0.1) is 11.3 Å². The Kier molecular flexibility index (Phi) is 6.96. The van der Waals surface area contributed by atoms with Crippen molar-refractivity contribution in [2.24, 2.45) is 0 Å². The largest absolute Gasteiger partial charge is 0.389 e. The van der Waals surface area contributed by atoms with Gasteiger partial charge in [-0.2, -0.15) is 5.26 Å². The van der Waals surface area contributed by atoms with E-state index < -0.39 is 12.2 Å². The molecule has 0 radical (unpaired) electrons. The fourth-order valence-electron chi connectivity index (χ4n) is 1.94. The van der Waals surface area contributed by atoms with Crippen molar-refractivity contribution in [2.75, 3.05) is 0 Å². The van der Waals surface area contributed by atoms with Gasteiger partial charge in [-0.25, -0.2) is 0 Å². The van der Waals surface area contributed by atoms with E-state index in [0.717, 1.165) is 23.3 Å². The second-order valence-electron chi connectivity index (χ2n) is 4.50. The normalized spacial score (nSPS) is 14.1. The Morgan fingerprint density at radius 3 is 2.78 bits per heavy atom. The predicted octanol–water partition coefficient (Wildman–Crippen LogP) is 3.18. The maximum atomic E-state index is 10.0. The number of hydrogen-bond donors (Lipinski definition) is 2. The Morgan fingerprint density at radius 1 is 1.33 bits per heavy atom. The molecule has 0 aliphatic rings. The van der Waals surface area contributed by atoms with E-state index in [9.17, 15) is 10.2 Å². The molecule has 0 fully saturated rings. The van der Waals surface area contributed by atoms with Crippen LogP contribution in [0.4, 0.5) is 0 Å². The monoisotopic (exact) mass is 267 g/mol. The number of aryl methyl sites for hydroxylation is 1. The molecule has 0 bridgehead atoms. The lowest BCUT2D eigenvalue weighted by Crippen LogP contribution is -2.17. The summed E-state index contributed by atoms with van der Waals surface area (Å²) >= 11 is 1.46. The van der Waals surface area contributed by atoms with Gasteiger partial charge in [-0.3, -0.25) is 0 Å². The lowest BCUT2D eigenvalue weighted by atomic mass is 10.0. The first-order chi connectivity index (χ1) is 8.70. The van der Waals surface area contributed by atoms with Gasteiger partial charge < -0.3 is 10.2 Å². The van der Waals surface area contributed by atoms with Gasteiger partial charge >= 0.3 is 0 Å². The highest BCUT2D eigenvalue weighted by molar-refractivity contribution is 7.10.